The van der Waals surface area contributed by atoms with Gasteiger partial charge in [-0.3, -0.25) is 14.7 Å². The van der Waals surface area contributed by atoms with Crippen molar-refractivity contribution in [1.82, 2.24) is 20.0 Å². The van der Waals surface area contributed by atoms with Gasteiger partial charge in [0.1, 0.15) is 6.10 Å². The molecule has 0 spiro atoms. The summed E-state index contributed by atoms with van der Waals surface area (Å²) < 4.78 is 5.56. The van der Waals surface area contributed by atoms with Gasteiger partial charge in [-0.15, -0.1) is 24.0 Å². The molecule has 2 atom stereocenters. The molecule has 2 saturated heterocycles. The lowest BCUT2D eigenvalue weighted by Crippen LogP contribution is -2.56. The maximum atomic E-state index is 12.6. The van der Waals surface area contributed by atoms with E-state index in [1.54, 1.807) is 11.3 Å². The highest BCUT2D eigenvalue weighted by Gasteiger charge is 2.31. The Balaban J connectivity index is 0.00000320. The molecule has 0 bridgehead atoms. The number of rotatable bonds is 7. The van der Waals surface area contributed by atoms with Gasteiger partial charge in [-0.05, 0) is 48.3 Å². The Bertz CT molecular complexity index is 654. The van der Waals surface area contributed by atoms with E-state index in [1.165, 1.54) is 5.56 Å². The first kappa shape index (κ1) is 25.4. The molecule has 2 fully saturated rings. The van der Waals surface area contributed by atoms with Gasteiger partial charge in [0.15, 0.2) is 5.96 Å². The molecule has 2 aliphatic rings. The first-order chi connectivity index (χ1) is 14.2. The summed E-state index contributed by atoms with van der Waals surface area (Å²) in [6.45, 7) is 11.0. The lowest BCUT2D eigenvalue weighted by atomic mass is 10.1. The summed E-state index contributed by atoms with van der Waals surface area (Å²) in [5.41, 5.74) is 1.36. The van der Waals surface area contributed by atoms with E-state index in [2.05, 4.69) is 50.8 Å². The number of nitrogens with zero attached hydrogens (tertiary/aromatic N) is 4. The Labute approximate surface area is 201 Å². The maximum Gasteiger partial charge on any atom is 0.251 e. The number of nitrogens with one attached hydrogen (secondary N) is 1. The molecule has 2 unspecified atom stereocenters. The van der Waals surface area contributed by atoms with E-state index in [-0.39, 0.29) is 36.0 Å². The van der Waals surface area contributed by atoms with Crippen molar-refractivity contribution in [2.75, 3.05) is 59.5 Å². The van der Waals surface area contributed by atoms with Crippen LogP contribution >= 0.6 is 35.3 Å². The maximum absolute atomic E-state index is 12.6. The minimum absolute atomic E-state index is 0. The van der Waals surface area contributed by atoms with Crippen molar-refractivity contribution in [3.05, 3.63) is 22.4 Å². The van der Waals surface area contributed by atoms with Gasteiger partial charge in [-0.2, -0.15) is 11.3 Å². The third-order valence-electron chi connectivity index (χ3n) is 5.94. The minimum atomic E-state index is -0.223. The zero-order valence-corrected chi connectivity index (χ0v) is 21.5. The minimum Gasteiger partial charge on any atom is -0.368 e. The van der Waals surface area contributed by atoms with Crippen molar-refractivity contribution in [2.24, 2.45) is 4.99 Å². The molecule has 3 rings (SSSR count). The summed E-state index contributed by atoms with van der Waals surface area (Å²) >= 11 is 1.74. The Kier molecular flexibility index (Phi) is 10.8. The van der Waals surface area contributed by atoms with Crippen LogP contribution in [0.3, 0.4) is 0 Å². The fourth-order valence-electron chi connectivity index (χ4n) is 4.22. The van der Waals surface area contributed by atoms with Gasteiger partial charge >= 0.3 is 0 Å². The van der Waals surface area contributed by atoms with Gasteiger partial charge in [0, 0.05) is 46.4 Å². The van der Waals surface area contributed by atoms with Crippen LogP contribution in [0.4, 0.5) is 0 Å². The van der Waals surface area contributed by atoms with Crippen LogP contribution in [0.2, 0.25) is 0 Å². The lowest BCUT2D eigenvalue weighted by Gasteiger charge is -2.38. The van der Waals surface area contributed by atoms with E-state index in [9.17, 15) is 4.79 Å². The second-order valence-corrected chi connectivity index (χ2v) is 8.32. The summed E-state index contributed by atoms with van der Waals surface area (Å²) in [6, 6.07) is 2.54. The number of likely N-dealkylation sites (N-methyl/N-ethyl adjacent to an activating group) is 1. The summed E-state index contributed by atoms with van der Waals surface area (Å²) in [6.07, 6.45) is 1.63. The van der Waals surface area contributed by atoms with Crippen molar-refractivity contribution in [2.45, 2.75) is 38.8 Å². The first-order valence-electron chi connectivity index (χ1n) is 10.8. The number of carbonyl (C=O) groups excluding carboxylic acids is 1. The molecule has 1 amide bonds. The fraction of sp³-hybridized carbons (Fsp3) is 0.714. The highest BCUT2D eigenvalue weighted by Crippen LogP contribution is 2.22. The molecule has 0 saturated carbocycles. The van der Waals surface area contributed by atoms with E-state index in [0.29, 0.717) is 12.6 Å². The smallest absolute Gasteiger partial charge is 0.251 e. The van der Waals surface area contributed by atoms with Gasteiger partial charge < -0.3 is 19.9 Å². The van der Waals surface area contributed by atoms with Crippen molar-refractivity contribution < 1.29 is 9.53 Å². The Morgan fingerprint density at radius 1 is 1.30 bits per heavy atom. The monoisotopic (exact) mass is 549 g/mol. The highest BCUT2D eigenvalue weighted by atomic mass is 127. The number of thiophene rings is 1. The zero-order chi connectivity index (χ0) is 20.6. The molecular weight excluding hydrogens is 513 g/mol. The number of carbonyl (C=O) groups is 1. The quantitative estimate of drug-likeness (QED) is 0.322. The van der Waals surface area contributed by atoms with E-state index in [0.717, 1.165) is 64.6 Å². The van der Waals surface area contributed by atoms with E-state index in [1.807, 2.05) is 11.9 Å². The fourth-order valence-corrected chi connectivity index (χ4v) is 4.93. The standard InChI is InChI=1S/C21H35N5O2S.HI/c1-4-24(5-2)18(17-8-14-29-16-17)15-23-21(22-3)26-11-9-25(10-12-26)20(27)19-7-6-13-28-19;/h8,14,16,18-19H,4-7,9-13,15H2,1-3H3,(H,22,23);1H. The first-order valence-corrected chi connectivity index (χ1v) is 11.7. The molecular formula is C21H36IN5O2S. The number of hydrogen-bond acceptors (Lipinski definition) is 5. The number of aliphatic imine (C=N–C) groups is 1. The predicted octanol–water partition coefficient (Wildman–Crippen LogP) is 2.65. The average Bonchev–Trinajstić information content (AvgIpc) is 3.48. The van der Waals surface area contributed by atoms with E-state index >= 15 is 0 Å². The van der Waals surface area contributed by atoms with Crippen LogP contribution in [0.15, 0.2) is 21.8 Å². The number of piperazine rings is 1. The number of guanidine groups is 1. The van der Waals surface area contributed by atoms with Crippen LogP contribution in [0.5, 0.6) is 0 Å². The van der Waals surface area contributed by atoms with Crippen molar-refractivity contribution >= 4 is 47.2 Å². The summed E-state index contributed by atoms with van der Waals surface area (Å²) in [5, 5.41) is 7.97. The van der Waals surface area contributed by atoms with E-state index in [4.69, 9.17) is 4.74 Å². The van der Waals surface area contributed by atoms with Crippen LogP contribution in [0, 0.1) is 0 Å². The van der Waals surface area contributed by atoms with Crippen LogP contribution < -0.4 is 5.32 Å². The SMILES string of the molecule is CCN(CC)C(CNC(=NC)N1CCN(C(=O)C2CCCO2)CC1)c1ccsc1.I. The summed E-state index contributed by atoms with van der Waals surface area (Å²) in [5.74, 6) is 1.07. The third kappa shape index (κ3) is 6.30. The molecule has 9 heteroatoms. The highest BCUT2D eigenvalue weighted by molar-refractivity contribution is 14.0. The topological polar surface area (TPSA) is 60.4 Å². The second-order valence-electron chi connectivity index (χ2n) is 7.54. The Hall–Kier alpha value is -0.910. The molecule has 0 aromatic carbocycles. The van der Waals surface area contributed by atoms with Crippen molar-refractivity contribution in [3.8, 4) is 0 Å². The number of ether oxygens (including phenoxy) is 1. The van der Waals surface area contributed by atoms with Crippen LogP contribution in [0.25, 0.3) is 0 Å². The average molecular weight is 550 g/mol. The Morgan fingerprint density at radius 2 is 2.00 bits per heavy atom. The van der Waals surface area contributed by atoms with Crippen molar-refractivity contribution in [1.29, 1.82) is 0 Å². The summed E-state index contributed by atoms with van der Waals surface area (Å²) in [7, 11) is 1.84. The molecule has 1 aromatic heterocycles. The third-order valence-corrected chi connectivity index (χ3v) is 6.64. The van der Waals surface area contributed by atoms with E-state index < -0.39 is 0 Å². The molecule has 2 aliphatic heterocycles. The second kappa shape index (κ2) is 12.8. The normalized spacial score (nSPS) is 20.9. The van der Waals surface area contributed by atoms with Gasteiger partial charge in [0.2, 0.25) is 0 Å². The Morgan fingerprint density at radius 3 is 2.53 bits per heavy atom. The molecule has 3 heterocycles. The molecule has 7 nitrogen and oxygen atoms in total. The van der Waals surface area contributed by atoms with Gasteiger partial charge in [-0.1, -0.05) is 13.8 Å². The molecule has 30 heavy (non-hydrogen) atoms. The van der Waals surface area contributed by atoms with Gasteiger partial charge in [0.05, 0.1) is 6.04 Å². The number of hydrogen-bond donors (Lipinski definition) is 1. The van der Waals surface area contributed by atoms with Crippen LogP contribution in [0.1, 0.15) is 38.3 Å². The summed E-state index contributed by atoms with van der Waals surface area (Å²) in [4.78, 5) is 23.8. The number of halogens is 1. The van der Waals surface area contributed by atoms with Gasteiger partial charge in [-0.25, -0.2) is 0 Å². The lowest BCUT2D eigenvalue weighted by molar-refractivity contribution is -0.142. The molecule has 0 radical (unpaired) electrons. The van der Waals surface area contributed by atoms with Crippen LogP contribution in [-0.2, 0) is 9.53 Å². The van der Waals surface area contributed by atoms with Gasteiger partial charge in [0.25, 0.3) is 5.91 Å². The molecule has 0 aliphatic carbocycles. The largest absolute Gasteiger partial charge is 0.368 e. The molecule has 1 N–H and O–H groups in total. The zero-order valence-electron chi connectivity index (χ0n) is 18.4. The van der Waals surface area contributed by atoms with Crippen LogP contribution in [-0.4, -0.2) is 92.1 Å². The predicted molar refractivity (Wildman–Crippen MR) is 134 cm³/mol. The molecule has 170 valence electrons. The molecule has 1 aromatic rings. The number of amides is 1. The van der Waals surface area contributed by atoms with Crippen molar-refractivity contribution in [3.63, 3.8) is 0 Å².